The van der Waals surface area contributed by atoms with Gasteiger partial charge in [-0.05, 0) is 19.3 Å². The summed E-state index contributed by atoms with van der Waals surface area (Å²) in [6.07, 6.45) is -0.0674. The van der Waals surface area contributed by atoms with Crippen LogP contribution in [0.15, 0.2) is 0 Å². The van der Waals surface area contributed by atoms with Crippen molar-refractivity contribution in [1.29, 1.82) is 0 Å². The molecule has 0 spiro atoms. The number of anilines is 1. The first-order chi connectivity index (χ1) is 12.6. The molecule has 0 N–H and O–H groups in total. The molecule has 1 saturated carbocycles. The number of aromatic nitrogens is 3. The van der Waals surface area contributed by atoms with Crippen molar-refractivity contribution in [2.24, 2.45) is 5.92 Å². The summed E-state index contributed by atoms with van der Waals surface area (Å²) in [4.78, 5) is 13.5. The highest BCUT2D eigenvalue weighted by molar-refractivity contribution is 7.74. The van der Waals surface area contributed by atoms with E-state index in [0.29, 0.717) is 36.9 Å². The lowest BCUT2D eigenvalue weighted by molar-refractivity contribution is 0.139. The monoisotopic (exact) mass is 402 g/mol. The van der Waals surface area contributed by atoms with Crippen LogP contribution in [0.2, 0.25) is 5.15 Å². The molecule has 0 bridgehead atoms. The molecule has 2 atom stereocenters. The Hall–Kier alpha value is -1.76. The highest BCUT2D eigenvalue weighted by Gasteiger charge is 2.44. The average Bonchev–Trinajstić information content (AvgIpc) is 3.40. The van der Waals surface area contributed by atoms with Crippen molar-refractivity contribution in [2.75, 3.05) is 24.7 Å². The van der Waals surface area contributed by atoms with Gasteiger partial charge in [0.2, 0.25) is 0 Å². The summed E-state index contributed by atoms with van der Waals surface area (Å²) in [5.74, 6) is 5.32. The first kappa shape index (κ1) is 19.0. The number of halogens is 4. The SMILES string of the molecule is CC#Cc1nc(Cl)c(F)c2nc(F)nc(N3CCOCC4CC43)c12.FS. The van der Waals surface area contributed by atoms with Crippen LogP contribution in [0.4, 0.5) is 18.5 Å². The fourth-order valence-corrected chi connectivity index (χ4v) is 3.31. The Morgan fingerprint density at radius 3 is 2.77 bits per heavy atom. The molecule has 2 aromatic rings. The van der Waals surface area contributed by atoms with Crippen LogP contribution in [0.1, 0.15) is 19.0 Å². The van der Waals surface area contributed by atoms with Crippen LogP contribution in [-0.2, 0) is 4.74 Å². The summed E-state index contributed by atoms with van der Waals surface area (Å²) >= 11 is 7.84. The third kappa shape index (κ3) is 3.41. The predicted molar refractivity (Wildman–Crippen MR) is 95.0 cm³/mol. The molecule has 3 heterocycles. The van der Waals surface area contributed by atoms with Crippen LogP contribution in [0.5, 0.6) is 0 Å². The fraction of sp³-hybridized carbons (Fsp3) is 0.438. The number of ether oxygens (including phenoxy) is 1. The predicted octanol–water partition coefficient (Wildman–Crippen LogP) is 3.35. The topological polar surface area (TPSA) is 51.1 Å². The van der Waals surface area contributed by atoms with E-state index >= 15 is 0 Å². The van der Waals surface area contributed by atoms with E-state index in [2.05, 4.69) is 26.8 Å². The van der Waals surface area contributed by atoms with Crippen LogP contribution < -0.4 is 4.90 Å². The van der Waals surface area contributed by atoms with Crippen LogP contribution in [0.25, 0.3) is 10.9 Å². The van der Waals surface area contributed by atoms with E-state index in [9.17, 15) is 12.7 Å². The Bertz CT molecular complexity index is 905. The first-order valence-corrected chi connectivity index (χ1v) is 8.48. The molecule has 2 fully saturated rings. The zero-order valence-electron chi connectivity index (χ0n) is 13.6. The number of hydrogen-bond donors (Lipinski definition) is 1. The third-order valence-electron chi connectivity index (χ3n) is 4.31. The van der Waals surface area contributed by atoms with Gasteiger partial charge >= 0.3 is 6.08 Å². The molecule has 2 aliphatic rings. The lowest BCUT2D eigenvalue weighted by atomic mass is 10.2. The zero-order chi connectivity index (χ0) is 18.8. The van der Waals surface area contributed by atoms with Crippen molar-refractivity contribution in [3.63, 3.8) is 0 Å². The second-order valence-electron chi connectivity index (χ2n) is 5.81. The largest absolute Gasteiger partial charge is 0.379 e. The molecular weight excluding hydrogens is 389 g/mol. The summed E-state index contributed by atoms with van der Waals surface area (Å²) in [5, 5.41) is -0.0898. The number of pyridine rings is 1. The Morgan fingerprint density at radius 2 is 2.04 bits per heavy atom. The normalized spacial score (nSPS) is 21.1. The number of thiol groups is 1. The number of hydrogen-bond acceptors (Lipinski definition) is 6. The minimum absolute atomic E-state index is 0.197. The Kier molecular flexibility index (Phi) is 5.75. The van der Waals surface area contributed by atoms with Crippen molar-refractivity contribution < 1.29 is 17.4 Å². The molecule has 1 saturated heterocycles. The molecule has 2 unspecified atom stereocenters. The van der Waals surface area contributed by atoms with E-state index < -0.39 is 11.9 Å². The van der Waals surface area contributed by atoms with Crippen molar-refractivity contribution in [3.05, 3.63) is 22.7 Å². The molecule has 10 heteroatoms. The van der Waals surface area contributed by atoms with E-state index in [1.807, 2.05) is 17.9 Å². The van der Waals surface area contributed by atoms with Crippen molar-refractivity contribution in [3.8, 4) is 11.8 Å². The first-order valence-electron chi connectivity index (χ1n) is 7.76. The van der Waals surface area contributed by atoms with Crippen molar-refractivity contribution in [2.45, 2.75) is 19.4 Å². The Balaban J connectivity index is 0.000000948. The van der Waals surface area contributed by atoms with Gasteiger partial charge in [0.1, 0.15) is 17.0 Å². The van der Waals surface area contributed by atoms with Gasteiger partial charge in [-0.15, -0.1) is 0 Å². The maximum Gasteiger partial charge on any atom is 0.311 e. The highest BCUT2D eigenvalue weighted by atomic mass is 35.5. The Morgan fingerprint density at radius 1 is 1.27 bits per heavy atom. The van der Waals surface area contributed by atoms with Gasteiger partial charge in [-0.1, -0.05) is 17.5 Å². The average molecular weight is 403 g/mol. The fourth-order valence-electron chi connectivity index (χ4n) is 3.14. The van der Waals surface area contributed by atoms with Crippen LogP contribution in [-0.4, -0.2) is 40.8 Å². The van der Waals surface area contributed by atoms with E-state index in [4.69, 9.17) is 16.3 Å². The quantitative estimate of drug-likeness (QED) is 0.343. The number of fused-ring (bicyclic) bond motifs is 2. The highest BCUT2D eigenvalue weighted by Crippen LogP contribution is 2.42. The van der Waals surface area contributed by atoms with Gasteiger partial charge in [-0.25, -0.2) is 9.37 Å². The number of nitrogens with zero attached hydrogens (tertiary/aromatic N) is 4. The molecule has 26 heavy (non-hydrogen) atoms. The molecule has 0 aromatic carbocycles. The lowest BCUT2D eigenvalue weighted by Gasteiger charge is -2.24. The molecule has 5 nitrogen and oxygen atoms in total. The molecular formula is C16H14ClF3N4OS. The van der Waals surface area contributed by atoms with Gasteiger partial charge in [0.15, 0.2) is 11.0 Å². The molecule has 1 aliphatic heterocycles. The minimum atomic E-state index is -1.00. The summed E-state index contributed by atoms with van der Waals surface area (Å²) in [6.45, 7) is 3.34. The Labute approximate surface area is 158 Å². The molecule has 2 aromatic heterocycles. The van der Waals surface area contributed by atoms with Gasteiger partial charge in [-0.2, -0.15) is 18.2 Å². The molecule has 1 aliphatic carbocycles. The number of rotatable bonds is 1. The summed E-state index contributed by atoms with van der Waals surface area (Å²) in [7, 11) is 0. The van der Waals surface area contributed by atoms with Crippen molar-refractivity contribution in [1.82, 2.24) is 15.0 Å². The van der Waals surface area contributed by atoms with E-state index in [1.165, 1.54) is 0 Å². The maximum absolute atomic E-state index is 14.4. The zero-order valence-corrected chi connectivity index (χ0v) is 15.3. The van der Waals surface area contributed by atoms with Crippen molar-refractivity contribution >= 4 is 41.3 Å². The summed E-state index contributed by atoms with van der Waals surface area (Å²) in [5.41, 5.74) is 0.0499. The third-order valence-corrected chi connectivity index (χ3v) is 4.56. The van der Waals surface area contributed by atoms with Gasteiger partial charge in [0, 0.05) is 31.5 Å². The minimum Gasteiger partial charge on any atom is -0.379 e. The molecule has 138 valence electrons. The molecule has 0 amide bonds. The van der Waals surface area contributed by atoms with Crippen LogP contribution in [0, 0.1) is 29.7 Å². The van der Waals surface area contributed by atoms with Crippen LogP contribution in [0.3, 0.4) is 0 Å². The summed E-state index contributed by atoms with van der Waals surface area (Å²) in [6, 6.07) is 0.200. The maximum atomic E-state index is 14.4. The van der Waals surface area contributed by atoms with E-state index in [-0.39, 0.29) is 22.4 Å². The van der Waals surface area contributed by atoms with E-state index in [1.54, 1.807) is 6.92 Å². The van der Waals surface area contributed by atoms with Gasteiger partial charge in [-0.3, -0.25) is 0 Å². The summed E-state index contributed by atoms with van der Waals surface area (Å²) < 4.78 is 43.1. The van der Waals surface area contributed by atoms with E-state index in [0.717, 1.165) is 6.42 Å². The molecule has 4 rings (SSSR count). The lowest BCUT2D eigenvalue weighted by Crippen LogP contribution is -2.30. The molecule has 0 radical (unpaired) electrons. The standard InChI is InChI=1S/C16H13ClF2N4O.FHS/c1-2-3-9-11-13(12(18)14(17)20-9)21-16(19)22-15(11)23-4-5-24-7-8-6-10(8)23;1-2/h8,10H,4-7H2,1H3;2H. The van der Waals surface area contributed by atoms with Gasteiger partial charge in [0.25, 0.3) is 0 Å². The second kappa shape index (κ2) is 7.86. The van der Waals surface area contributed by atoms with Gasteiger partial charge in [0.05, 0.1) is 18.6 Å². The van der Waals surface area contributed by atoms with Gasteiger partial charge < -0.3 is 9.64 Å². The second-order valence-corrected chi connectivity index (χ2v) is 6.17. The smallest absolute Gasteiger partial charge is 0.311 e. The van der Waals surface area contributed by atoms with Crippen LogP contribution >= 0.6 is 24.6 Å².